The van der Waals surface area contributed by atoms with Crippen molar-refractivity contribution >= 4 is 23.5 Å². The first-order valence-electron chi connectivity index (χ1n) is 10.3. The van der Waals surface area contributed by atoms with Crippen molar-refractivity contribution < 1.29 is 14.4 Å². The number of methoxy groups -OCH3 is 1. The number of aromatic nitrogens is 2. The fraction of sp³-hybridized carbons (Fsp3) is 0.500. The fourth-order valence-electron chi connectivity index (χ4n) is 2.87. The molecule has 0 radical (unpaired) electrons. The maximum atomic E-state index is 12.4. The van der Waals surface area contributed by atoms with Crippen LogP contribution in [0.5, 0.6) is 0 Å². The summed E-state index contributed by atoms with van der Waals surface area (Å²) in [5, 5.41) is 3.69. The van der Waals surface area contributed by atoms with Crippen LogP contribution in [0.15, 0.2) is 35.5 Å². The average molecular weight is 433 g/mol. The molecule has 1 heterocycles. The molecule has 0 fully saturated rings. The number of likely N-dealkylation sites (N-methyl/N-ethyl adjacent to an activating group) is 1. The lowest BCUT2D eigenvalue weighted by atomic mass is 10.1. The topological polar surface area (TPSA) is 71.8 Å². The van der Waals surface area contributed by atoms with E-state index in [1.807, 2.05) is 37.4 Å². The second-order valence-corrected chi connectivity index (χ2v) is 8.50. The van der Waals surface area contributed by atoms with Crippen LogP contribution < -0.4 is 15.1 Å². The predicted octanol–water partition coefficient (Wildman–Crippen LogP) is 1.64. The second kappa shape index (κ2) is 12.5. The summed E-state index contributed by atoms with van der Waals surface area (Å²) in [6, 6.07) is 9.71. The second-order valence-electron chi connectivity index (χ2n) is 7.56. The molecule has 0 aliphatic carbocycles. The van der Waals surface area contributed by atoms with E-state index in [0.29, 0.717) is 29.6 Å². The molecule has 7 nitrogen and oxygen atoms in total. The van der Waals surface area contributed by atoms with Crippen molar-refractivity contribution in [3.8, 4) is 0 Å². The highest BCUT2D eigenvalue weighted by Crippen LogP contribution is 2.23. The van der Waals surface area contributed by atoms with Gasteiger partial charge in [0.25, 0.3) is 5.91 Å². The number of nitrogens with one attached hydrogen (secondary N) is 2. The molecule has 0 unspecified atom stereocenters. The van der Waals surface area contributed by atoms with E-state index in [1.165, 1.54) is 4.90 Å². The number of quaternary nitrogens is 1. The van der Waals surface area contributed by atoms with E-state index >= 15 is 0 Å². The summed E-state index contributed by atoms with van der Waals surface area (Å²) in [4.78, 5) is 25.1. The van der Waals surface area contributed by atoms with Gasteiger partial charge in [-0.25, -0.2) is 9.97 Å². The monoisotopic (exact) mass is 432 g/mol. The number of anilines is 1. The fourth-order valence-corrected chi connectivity index (χ4v) is 3.68. The molecule has 0 saturated carbocycles. The number of hydrogen-bond donors (Lipinski definition) is 2. The van der Waals surface area contributed by atoms with Gasteiger partial charge in [0.2, 0.25) is 0 Å². The number of carbonyl (C=O) groups is 1. The van der Waals surface area contributed by atoms with Crippen LogP contribution in [0.25, 0.3) is 0 Å². The van der Waals surface area contributed by atoms with Crippen molar-refractivity contribution in [2.75, 3.05) is 52.8 Å². The highest BCUT2D eigenvalue weighted by molar-refractivity contribution is 7.98. The van der Waals surface area contributed by atoms with E-state index in [-0.39, 0.29) is 5.91 Å². The molecule has 164 valence electrons. The Morgan fingerprint density at radius 1 is 1.27 bits per heavy atom. The molecular formula is C22H34N5O2S+. The molecule has 1 aromatic carbocycles. The summed E-state index contributed by atoms with van der Waals surface area (Å²) < 4.78 is 5.27. The Morgan fingerprint density at radius 3 is 2.77 bits per heavy atom. The number of ether oxygens (including phenoxy) is 1. The first kappa shape index (κ1) is 24.1. The lowest BCUT2D eigenvalue weighted by Crippen LogP contribution is -3.06. The van der Waals surface area contributed by atoms with Gasteiger partial charge in [-0.05, 0) is 24.1 Å². The minimum absolute atomic E-state index is 0.0371. The molecule has 0 aliphatic rings. The van der Waals surface area contributed by atoms with Crippen molar-refractivity contribution in [1.29, 1.82) is 0 Å². The molecular weight excluding hydrogens is 398 g/mol. The van der Waals surface area contributed by atoms with Gasteiger partial charge in [-0.2, -0.15) is 0 Å². The van der Waals surface area contributed by atoms with Gasteiger partial charge in [-0.15, -0.1) is 0 Å². The third-order valence-electron chi connectivity index (χ3n) is 4.46. The van der Waals surface area contributed by atoms with E-state index in [9.17, 15) is 4.79 Å². The number of rotatable bonds is 12. The Balaban J connectivity index is 2.06. The van der Waals surface area contributed by atoms with Gasteiger partial charge in [0, 0.05) is 38.1 Å². The quantitative estimate of drug-likeness (QED) is 0.392. The Morgan fingerprint density at radius 2 is 2.07 bits per heavy atom. The van der Waals surface area contributed by atoms with Crippen LogP contribution in [-0.2, 0) is 17.1 Å². The summed E-state index contributed by atoms with van der Waals surface area (Å²) in [5.41, 5.74) is 2.61. The van der Waals surface area contributed by atoms with Gasteiger partial charge < -0.3 is 19.9 Å². The smallest absolute Gasteiger partial charge is 0.251 e. The Labute approximate surface area is 184 Å². The Kier molecular flexibility index (Phi) is 10.1. The lowest BCUT2D eigenvalue weighted by molar-refractivity contribution is -0.856. The SMILES string of the molecule is CCCN(C)c1cc(COC)nc(SCc2cccc(C(=O)NCC[NH+](C)C)c2)n1. The maximum Gasteiger partial charge on any atom is 0.251 e. The standard InChI is InChI=1S/C22H33N5O2S/c1-6-11-27(4)20-14-19(15-29-5)24-22(25-20)30-16-17-8-7-9-18(13-17)21(28)23-10-12-26(2)3/h7-9,13-14H,6,10-12,15-16H2,1-5H3,(H,23,28)/p+1. The Bertz CT molecular complexity index is 816. The average Bonchev–Trinajstić information content (AvgIpc) is 2.72. The first-order chi connectivity index (χ1) is 14.4. The molecule has 0 bridgehead atoms. The van der Waals surface area contributed by atoms with Crippen LogP contribution in [0.4, 0.5) is 5.82 Å². The summed E-state index contributed by atoms with van der Waals surface area (Å²) in [6.07, 6.45) is 1.05. The molecule has 0 atom stereocenters. The molecule has 0 spiro atoms. The number of benzene rings is 1. The number of carbonyl (C=O) groups excluding carboxylic acids is 1. The zero-order chi connectivity index (χ0) is 21.9. The molecule has 2 N–H and O–H groups in total. The van der Waals surface area contributed by atoms with Crippen molar-refractivity contribution in [3.63, 3.8) is 0 Å². The van der Waals surface area contributed by atoms with E-state index < -0.39 is 0 Å². The lowest BCUT2D eigenvalue weighted by Gasteiger charge is -2.18. The van der Waals surface area contributed by atoms with Crippen molar-refractivity contribution in [1.82, 2.24) is 15.3 Å². The van der Waals surface area contributed by atoms with E-state index in [0.717, 1.165) is 36.6 Å². The van der Waals surface area contributed by atoms with Crippen LogP contribution in [0.2, 0.25) is 0 Å². The highest BCUT2D eigenvalue weighted by atomic mass is 32.2. The van der Waals surface area contributed by atoms with Gasteiger partial charge in [-0.1, -0.05) is 30.8 Å². The summed E-state index contributed by atoms with van der Waals surface area (Å²) >= 11 is 1.57. The zero-order valence-corrected chi connectivity index (χ0v) is 19.5. The number of amides is 1. The third kappa shape index (κ3) is 7.93. The first-order valence-corrected chi connectivity index (χ1v) is 11.3. The van der Waals surface area contributed by atoms with Gasteiger partial charge >= 0.3 is 0 Å². The van der Waals surface area contributed by atoms with Crippen molar-refractivity contribution in [3.05, 3.63) is 47.2 Å². The van der Waals surface area contributed by atoms with Crippen molar-refractivity contribution in [2.24, 2.45) is 0 Å². The van der Waals surface area contributed by atoms with Crippen LogP contribution in [0, 0.1) is 0 Å². The van der Waals surface area contributed by atoms with Crippen molar-refractivity contribution in [2.45, 2.75) is 30.9 Å². The maximum absolute atomic E-state index is 12.4. The van der Waals surface area contributed by atoms with Gasteiger partial charge in [0.1, 0.15) is 5.82 Å². The largest absolute Gasteiger partial charge is 0.378 e. The number of hydrogen-bond acceptors (Lipinski definition) is 6. The minimum Gasteiger partial charge on any atom is -0.378 e. The molecule has 1 amide bonds. The van der Waals surface area contributed by atoms with Crippen LogP contribution in [0.3, 0.4) is 0 Å². The number of nitrogens with zero attached hydrogens (tertiary/aromatic N) is 3. The van der Waals surface area contributed by atoms with Crippen LogP contribution in [-0.4, -0.2) is 63.8 Å². The van der Waals surface area contributed by atoms with Crippen LogP contribution >= 0.6 is 11.8 Å². The minimum atomic E-state index is -0.0371. The normalized spacial score (nSPS) is 11.0. The van der Waals surface area contributed by atoms with Crippen LogP contribution in [0.1, 0.15) is 35.0 Å². The van der Waals surface area contributed by atoms with Gasteiger partial charge in [0.05, 0.1) is 39.5 Å². The third-order valence-corrected chi connectivity index (χ3v) is 5.37. The Hall–Kier alpha value is -2.16. The molecule has 0 saturated heterocycles. The summed E-state index contributed by atoms with van der Waals surface area (Å²) in [5.74, 6) is 1.55. The molecule has 30 heavy (non-hydrogen) atoms. The van der Waals surface area contributed by atoms with E-state index in [4.69, 9.17) is 9.72 Å². The van der Waals surface area contributed by atoms with E-state index in [1.54, 1.807) is 18.9 Å². The van der Waals surface area contributed by atoms with Gasteiger partial charge in [0.15, 0.2) is 5.16 Å². The number of thioether (sulfide) groups is 1. The van der Waals surface area contributed by atoms with Gasteiger partial charge in [-0.3, -0.25) is 4.79 Å². The molecule has 1 aromatic heterocycles. The molecule has 0 aliphatic heterocycles. The molecule has 2 rings (SSSR count). The summed E-state index contributed by atoms with van der Waals surface area (Å²) in [7, 11) is 7.84. The molecule has 2 aromatic rings. The van der Waals surface area contributed by atoms with E-state index in [2.05, 4.69) is 36.2 Å². The highest BCUT2D eigenvalue weighted by Gasteiger charge is 2.11. The zero-order valence-electron chi connectivity index (χ0n) is 18.7. The predicted molar refractivity (Wildman–Crippen MR) is 122 cm³/mol. The molecule has 8 heteroatoms. The summed E-state index contributed by atoms with van der Waals surface area (Å²) in [6.45, 7) is 5.08.